The van der Waals surface area contributed by atoms with E-state index in [-0.39, 0.29) is 0 Å². The predicted octanol–water partition coefficient (Wildman–Crippen LogP) is 2.35. The van der Waals surface area contributed by atoms with Gasteiger partial charge in [0, 0.05) is 19.0 Å². The standard InChI is InChI=1S/C13H23NO2/c1-4-7-13(3,15)10-14-11(2)9-12-6-5-8-16-12/h5-6,8,11,14-15H,4,7,9-10H2,1-3H3. The number of hydrogen-bond acceptors (Lipinski definition) is 3. The number of aliphatic hydroxyl groups is 1. The summed E-state index contributed by atoms with van der Waals surface area (Å²) in [7, 11) is 0. The highest BCUT2D eigenvalue weighted by molar-refractivity contribution is 5.00. The van der Waals surface area contributed by atoms with E-state index in [0.29, 0.717) is 12.6 Å². The van der Waals surface area contributed by atoms with Crippen LogP contribution in [0.4, 0.5) is 0 Å². The Kier molecular flexibility index (Phi) is 5.03. The number of furan rings is 1. The largest absolute Gasteiger partial charge is 0.469 e. The molecule has 0 aromatic carbocycles. The van der Waals surface area contributed by atoms with E-state index in [2.05, 4.69) is 19.2 Å². The molecule has 2 atom stereocenters. The first-order chi connectivity index (χ1) is 7.53. The van der Waals surface area contributed by atoms with Crippen LogP contribution in [0.5, 0.6) is 0 Å². The molecule has 3 nitrogen and oxygen atoms in total. The minimum absolute atomic E-state index is 0.314. The summed E-state index contributed by atoms with van der Waals surface area (Å²) in [5, 5.41) is 13.3. The summed E-state index contributed by atoms with van der Waals surface area (Å²) < 4.78 is 5.28. The van der Waals surface area contributed by atoms with E-state index in [1.165, 1.54) is 0 Å². The quantitative estimate of drug-likeness (QED) is 0.748. The summed E-state index contributed by atoms with van der Waals surface area (Å²) in [5.41, 5.74) is -0.605. The third kappa shape index (κ3) is 4.81. The lowest BCUT2D eigenvalue weighted by Crippen LogP contribution is -2.42. The molecule has 2 N–H and O–H groups in total. The molecule has 0 fully saturated rings. The molecule has 0 aliphatic heterocycles. The average molecular weight is 225 g/mol. The molecule has 92 valence electrons. The van der Waals surface area contributed by atoms with Gasteiger partial charge in [-0.1, -0.05) is 13.3 Å². The first-order valence-electron chi connectivity index (χ1n) is 6.01. The van der Waals surface area contributed by atoms with Crippen LogP contribution in [0.3, 0.4) is 0 Å². The van der Waals surface area contributed by atoms with Crippen LogP contribution in [0.15, 0.2) is 22.8 Å². The molecule has 0 amide bonds. The lowest BCUT2D eigenvalue weighted by atomic mass is 10.0. The summed E-state index contributed by atoms with van der Waals surface area (Å²) in [6.07, 6.45) is 4.37. The van der Waals surface area contributed by atoms with E-state index in [1.54, 1.807) is 6.26 Å². The maximum absolute atomic E-state index is 10.0. The van der Waals surface area contributed by atoms with Gasteiger partial charge in [-0.25, -0.2) is 0 Å². The molecule has 0 saturated carbocycles. The third-order valence-electron chi connectivity index (χ3n) is 2.71. The summed E-state index contributed by atoms with van der Waals surface area (Å²) >= 11 is 0. The highest BCUT2D eigenvalue weighted by atomic mass is 16.3. The Hall–Kier alpha value is -0.800. The van der Waals surface area contributed by atoms with Gasteiger partial charge < -0.3 is 14.8 Å². The van der Waals surface area contributed by atoms with Crippen molar-refractivity contribution in [3.8, 4) is 0 Å². The van der Waals surface area contributed by atoms with Crippen LogP contribution in [-0.4, -0.2) is 23.3 Å². The van der Waals surface area contributed by atoms with Crippen molar-refractivity contribution in [1.29, 1.82) is 0 Å². The van der Waals surface area contributed by atoms with Crippen LogP contribution in [-0.2, 0) is 6.42 Å². The van der Waals surface area contributed by atoms with Gasteiger partial charge in [-0.2, -0.15) is 0 Å². The summed E-state index contributed by atoms with van der Waals surface area (Å²) in [4.78, 5) is 0. The Morgan fingerprint density at radius 3 is 2.88 bits per heavy atom. The van der Waals surface area contributed by atoms with Crippen LogP contribution in [0.1, 0.15) is 39.4 Å². The molecule has 2 unspecified atom stereocenters. The fourth-order valence-electron chi connectivity index (χ4n) is 1.82. The van der Waals surface area contributed by atoms with Gasteiger partial charge in [0.1, 0.15) is 5.76 Å². The van der Waals surface area contributed by atoms with Crippen LogP contribution in [0.2, 0.25) is 0 Å². The van der Waals surface area contributed by atoms with Gasteiger partial charge in [-0.3, -0.25) is 0 Å². The molecule has 3 heteroatoms. The molecular weight excluding hydrogens is 202 g/mol. The zero-order valence-corrected chi connectivity index (χ0v) is 10.5. The average Bonchev–Trinajstić information content (AvgIpc) is 2.68. The van der Waals surface area contributed by atoms with Crippen molar-refractivity contribution in [1.82, 2.24) is 5.32 Å². The number of rotatable bonds is 7. The second kappa shape index (κ2) is 6.06. The second-order valence-corrected chi connectivity index (χ2v) is 4.81. The normalized spacial score (nSPS) is 17.0. The lowest BCUT2D eigenvalue weighted by Gasteiger charge is -2.25. The van der Waals surface area contributed by atoms with E-state index in [9.17, 15) is 5.11 Å². The van der Waals surface area contributed by atoms with E-state index >= 15 is 0 Å². The van der Waals surface area contributed by atoms with Crippen LogP contribution < -0.4 is 5.32 Å². The highest BCUT2D eigenvalue weighted by Crippen LogP contribution is 2.11. The highest BCUT2D eigenvalue weighted by Gasteiger charge is 2.19. The Morgan fingerprint density at radius 2 is 2.31 bits per heavy atom. The zero-order valence-electron chi connectivity index (χ0n) is 10.5. The van der Waals surface area contributed by atoms with Crippen molar-refractivity contribution in [3.63, 3.8) is 0 Å². The molecule has 0 spiro atoms. The van der Waals surface area contributed by atoms with Crippen molar-refractivity contribution in [2.75, 3.05) is 6.54 Å². The summed E-state index contributed by atoms with van der Waals surface area (Å²) in [6.45, 7) is 6.69. The molecule has 1 rings (SSSR count). The maximum atomic E-state index is 10.0. The van der Waals surface area contributed by atoms with Crippen molar-refractivity contribution in [2.24, 2.45) is 0 Å². The third-order valence-corrected chi connectivity index (χ3v) is 2.71. The number of hydrogen-bond donors (Lipinski definition) is 2. The summed E-state index contributed by atoms with van der Waals surface area (Å²) in [6, 6.07) is 4.19. The minimum Gasteiger partial charge on any atom is -0.469 e. The Labute approximate surface area is 97.9 Å². The first-order valence-corrected chi connectivity index (χ1v) is 6.01. The monoisotopic (exact) mass is 225 g/mol. The lowest BCUT2D eigenvalue weighted by molar-refractivity contribution is 0.0475. The Balaban J connectivity index is 2.27. The van der Waals surface area contributed by atoms with E-state index in [1.807, 2.05) is 19.1 Å². The predicted molar refractivity (Wildman–Crippen MR) is 65.4 cm³/mol. The van der Waals surface area contributed by atoms with Gasteiger partial charge in [0.25, 0.3) is 0 Å². The summed E-state index contributed by atoms with van der Waals surface area (Å²) in [5.74, 6) is 0.982. The van der Waals surface area contributed by atoms with Gasteiger partial charge in [0.05, 0.1) is 11.9 Å². The van der Waals surface area contributed by atoms with Gasteiger partial charge in [0.15, 0.2) is 0 Å². The fourth-order valence-corrected chi connectivity index (χ4v) is 1.82. The van der Waals surface area contributed by atoms with Crippen LogP contribution >= 0.6 is 0 Å². The second-order valence-electron chi connectivity index (χ2n) is 4.81. The SMILES string of the molecule is CCCC(C)(O)CNC(C)Cc1ccco1. The van der Waals surface area contributed by atoms with Crippen molar-refractivity contribution < 1.29 is 9.52 Å². The number of nitrogens with one attached hydrogen (secondary N) is 1. The van der Waals surface area contributed by atoms with Crippen molar-refractivity contribution in [2.45, 2.75) is 51.7 Å². The molecule has 16 heavy (non-hydrogen) atoms. The molecule has 1 aromatic rings. The van der Waals surface area contributed by atoms with Gasteiger partial charge >= 0.3 is 0 Å². The molecule has 0 radical (unpaired) electrons. The fraction of sp³-hybridized carbons (Fsp3) is 0.692. The van der Waals surface area contributed by atoms with Gasteiger partial charge in [-0.05, 0) is 32.4 Å². The van der Waals surface area contributed by atoms with E-state index < -0.39 is 5.60 Å². The van der Waals surface area contributed by atoms with Crippen LogP contribution in [0.25, 0.3) is 0 Å². The molecule has 1 aromatic heterocycles. The maximum Gasteiger partial charge on any atom is 0.105 e. The molecular formula is C13H23NO2. The molecule has 1 heterocycles. The Bertz CT molecular complexity index is 280. The van der Waals surface area contributed by atoms with E-state index in [4.69, 9.17) is 4.42 Å². The van der Waals surface area contributed by atoms with E-state index in [0.717, 1.165) is 25.0 Å². The molecule has 0 aliphatic rings. The van der Waals surface area contributed by atoms with Crippen molar-refractivity contribution >= 4 is 0 Å². The molecule has 0 bridgehead atoms. The molecule has 0 saturated heterocycles. The first kappa shape index (κ1) is 13.3. The van der Waals surface area contributed by atoms with Gasteiger partial charge in [0.2, 0.25) is 0 Å². The van der Waals surface area contributed by atoms with Gasteiger partial charge in [-0.15, -0.1) is 0 Å². The smallest absolute Gasteiger partial charge is 0.105 e. The topological polar surface area (TPSA) is 45.4 Å². The Morgan fingerprint density at radius 1 is 1.56 bits per heavy atom. The van der Waals surface area contributed by atoms with Crippen molar-refractivity contribution in [3.05, 3.63) is 24.2 Å². The van der Waals surface area contributed by atoms with Crippen LogP contribution in [0, 0.1) is 0 Å². The minimum atomic E-state index is -0.605. The zero-order chi connectivity index (χ0) is 12.0. The molecule has 0 aliphatic carbocycles.